The van der Waals surface area contributed by atoms with Crippen molar-refractivity contribution in [3.8, 4) is 10.6 Å². The van der Waals surface area contributed by atoms with E-state index in [4.69, 9.17) is 5.73 Å². The van der Waals surface area contributed by atoms with Gasteiger partial charge >= 0.3 is 0 Å². The zero-order valence-electron chi connectivity index (χ0n) is 10.5. The minimum absolute atomic E-state index is 0.0918. The van der Waals surface area contributed by atoms with Crippen LogP contribution >= 0.6 is 11.3 Å². The third kappa shape index (κ3) is 3.12. The smallest absolute Gasteiger partial charge is 0.269 e. The lowest BCUT2D eigenvalue weighted by Gasteiger charge is -2.00. The molecule has 0 radical (unpaired) electrons. The van der Waals surface area contributed by atoms with Gasteiger partial charge < -0.3 is 5.73 Å². The predicted molar refractivity (Wildman–Crippen MR) is 74.1 cm³/mol. The fourth-order valence-corrected chi connectivity index (χ4v) is 2.69. The topological polar surface area (TPSA) is 94.9 Å². The van der Waals surface area contributed by atoms with Gasteiger partial charge in [-0.05, 0) is 31.5 Å². The van der Waals surface area contributed by atoms with Crippen molar-refractivity contribution >= 4 is 17.0 Å². The van der Waals surface area contributed by atoms with Crippen molar-refractivity contribution < 1.29 is 4.92 Å². The summed E-state index contributed by atoms with van der Waals surface area (Å²) in [6, 6.07) is 4.76. The lowest BCUT2D eigenvalue weighted by Crippen LogP contribution is -1.99. The molecule has 19 heavy (non-hydrogen) atoms. The van der Waals surface area contributed by atoms with E-state index in [-0.39, 0.29) is 5.69 Å². The second-order valence-corrected chi connectivity index (χ2v) is 5.21. The Morgan fingerprint density at radius 3 is 2.84 bits per heavy atom. The lowest BCUT2D eigenvalue weighted by molar-refractivity contribution is -0.384. The number of nitrogens with two attached hydrogens (primary N) is 1. The quantitative estimate of drug-likeness (QED) is 0.669. The molecular weight excluding hydrogens is 264 g/mol. The molecule has 2 rings (SSSR count). The third-order valence-corrected chi connectivity index (χ3v) is 3.73. The molecular formula is C12H14N4O2S. The Morgan fingerprint density at radius 2 is 2.21 bits per heavy atom. The minimum atomic E-state index is -0.399. The number of nitro benzene ring substituents is 1. The van der Waals surface area contributed by atoms with Crippen LogP contribution in [0, 0.1) is 17.0 Å². The first-order valence-electron chi connectivity index (χ1n) is 5.89. The summed E-state index contributed by atoms with van der Waals surface area (Å²) in [7, 11) is 0. The summed E-state index contributed by atoms with van der Waals surface area (Å²) in [6.07, 6.45) is 1.70. The van der Waals surface area contributed by atoms with E-state index in [1.807, 2.05) is 6.92 Å². The normalized spacial score (nSPS) is 10.6. The Bertz CT molecular complexity index is 597. The molecule has 0 bridgehead atoms. The number of hydrogen-bond acceptors (Lipinski definition) is 6. The Labute approximate surface area is 114 Å². The number of rotatable bonds is 5. The van der Waals surface area contributed by atoms with Crippen LogP contribution in [-0.4, -0.2) is 21.7 Å². The van der Waals surface area contributed by atoms with Gasteiger partial charge in [-0.1, -0.05) is 11.3 Å². The second-order valence-electron chi connectivity index (χ2n) is 4.15. The molecule has 0 atom stereocenters. The van der Waals surface area contributed by atoms with Crippen LogP contribution < -0.4 is 5.73 Å². The molecule has 2 aromatic rings. The molecule has 0 aliphatic rings. The van der Waals surface area contributed by atoms with Crippen LogP contribution in [0.1, 0.15) is 17.0 Å². The van der Waals surface area contributed by atoms with Crippen LogP contribution in [0.2, 0.25) is 0 Å². The maximum Gasteiger partial charge on any atom is 0.269 e. The van der Waals surface area contributed by atoms with Gasteiger partial charge in [-0.3, -0.25) is 10.1 Å². The van der Waals surface area contributed by atoms with Crippen molar-refractivity contribution in [3.63, 3.8) is 0 Å². The minimum Gasteiger partial charge on any atom is -0.330 e. The summed E-state index contributed by atoms with van der Waals surface area (Å²) in [4.78, 5) is 10.3. The van der Waals surface area contributed by atoms with Crippen LogP contribution in [0.25, 0.3) is 10.6 Å². The number of aryl methyl sites for hydroxylation is 2. The number of benzene rings is 1. The highest BCUT2D eigenvalue weighted by molar-refractivity contribution is 7.14. The highest BCUT2D eigenvalue weighted by Crippen LogP contribution is 2.29. The summed E-state index contributed by atoms with van der Waals surface area (Å²) < 4.78 is 0. The molecule has 1 aromatic heterocycles. The zero-order chi connectivity index (χ0) is 13.8. The van der Waals surface area contributed by atoms with Gasteiger partial charge in [0.25, 0.3) is 5.69 Å². The van der Waals surface area contributed by atoms with Crippen molar-refractivity contribution in [1.29, 1.82) is 0 Å². The average Bonchev–Trinajstić information content (AvgIpc) is 2.84. The van der Waals surface area contributed by atoms with Gasteiger partial charge in [0.15, 0.2) is 0 Å². The van der Waals surface area contributed by atoms with Crippen molar-refractivity contribution in [1.82, 2.24) is 10.2 Å². The molecule has 0 spiro atoms. The van der Waals surface area contributed by atoms with Crippen molar-refractivity contribution in [2.45, 2.75) is 19.8 Å². The van der Waals surface area contributed by atoms with E-state index in [1.165, 1.54) is 17.4 Å². The summed E-state index contributed by atoms with van der Waals surface area (Å²) in [6.45, 7) is 2.47. The number of aromatic nitrogens is 2. The number of hydrogen-bond donors (Lipinski definition) is 1. The monoisotopic (exact) mass is 278 g/mol. The van der Waals surface area contributed by atoms with E-state index in [1.54, 1.807) is 12.1 Å². The van der Waals surface area contributed by atoms with E-state index in [9.17, 15) is 10.1 Å². The molecule has 6 nitrogen and oxygen atoms in total. The zero-order valence-corrected chi connectivity index (χ0v) is 11.3. The molecule has 1 heterocycles. The van der Waals surface area contributed by atoms with Crippen molar-refractivity contribution in [2.24, 2.45) is 5.73 Å². The molecule has 0 saturated carbocycles. The predicted octanol–water partition coefficient (Wildman–Crippen LogP) is 2.31. The molecule has 0 aliphatic heterocycles. The summed E-state index contributed by atoms with van der Waals surface area (Å²) in [5.41, 5.74) is 7.27. The fourth-order valence-electron chi connectivity index (χ4n) is 1.72. The first kappa shape index (κ1) is 13.6. The van der Waals surface area contributed by atoms with E-state index in [0.29, 0.717) is 6.54 Å². The van der Waals surface area contributed by atoms with Gasteiger partial charge in [-0.2, -0.15) is 0 Å². The molecule has 100 valence electrons. The maximum absolute atomic E-state index is 10.7. The molecule has 0 saturated heterocycles. The highest BCUT2D eigenvalue weighted by Gasteiger charge is 2.12. The Hall–Kier alpha value is -1.86. The van der Waals surface area contributed by atoms with Crippen LogP contribution in [-0.2, 0) is 6.42 Å². The molecule has 0 unspecified atom stereocenters. The summed E-state index contributed by atoms with van der Waals surface area (Å²) >= 11 is 1.51. The number of non-ortho nitro benzene ring substituents is 1. The Balaban J connectivity index is 2.26. The molecule has 0 amide bonds. The van der Waals surface area contributed by atoms with Crippen LogP contribution in [0.5, 0.6) is 0 Å². The summed E-state index contributed by atoms with van der Waals surface area (Å²) in [5, 5.41) is 20.7. The molecule has 1 aromatic carbocycles. The highest BCUT2D eigenvalue weighted by atomic mass is 32.1. The average molecular weight is 278 g/mol. The van der Waals surface area contributed by atoms with Crippen molar-refractivity contribution in [3.05, 3.63) is 38.9 Å². The first-order chi connectivity index (χ1) is 9.11. The number of nitrogens with zero attached hydrogens (tertiary/aromatic N) is 3. The van der Waals surface area contributed by atoms with E-state index < -0.39 is 4.92 Å². The Kier molecular flexibility index (Phi) is 4.18. The first-order valence-corrected chi connectivity index (χ1v) is 6.71. The molecule has 7 heteroatoms. The van der Waals surface area contributed by atoms with Gasteiger partial charge in [-0.25, -0.2) is 0 Å². The van der Waals surface area contributed by atoms with E-state index in [2.05, 4.69) is 10.2 Å². The van der Waals surface area contributed by atoms with Gasteiger partial charge in [-0.15, -0.1) is 10.2 Å². The molecule has 0 fully saturated rings. The van der Waals surface area contributed by atoms with Crippen LogP contribution in [0.15, 0.2) is 18.2 Å². The Morgan fingerprint density at radius 1 is 1.42 bits per heavy atom. The number of nitro groups is 1. The summed E-state index contributed by atoms with van der Waals surface area (Å²) in [5.74, 6) is 0. The molecule has 0 aliphatic carbocycles. The fraction of sp³-hybridized carbons (Fsp3) is 0.333. The third-order valence-electron chi connectivity index (χ3n) is 2.71. The largest absolute Gasteiger partial charge is 0.330 e. The van der Waals surface area contributed by atoms with Crippen molar-refractivity contribution in [2.75, 3.05) is 6.54 Å². The lowest BCUT2D eigenvalue weighted by atomic mass is 10.1. The van der Waals surface area contributed by atoms with Gasteiger partial charge in [0.2, 0.25) is 0 Å². The second kappa shape index (κ2) is 5.85. The van der Waals surface area contributed by atoms with E-state index in [0.717, 1.165) is 34.0 Å². The molecule has 2 N–H and O–H groups in total. The standard InChI is InChI=1S/C12H14N4O2S/c1-8-7-9(16(17)18)4-5-10(8)12-15-14-11(19-12)3-2-6-13/h4-5,7H,2-3,6,13H2,1H3. The maximum atomic E-state index is 10.7. The van der Waals surface area contributed by atoms with Gasteiger partial charge in [0.05, 0.1) is 4.92 Å². The van der Waals surface area contributed by atoms with Gasteiger partial charge in [0, 0.05) is 24.1 Å². The van der Waals surface area contributed by atoms with Gasteiger partial charge in [0.1, 0.15) is 10.0 Å². The van der Waals surface area contributed by atoms with E-state index >= 15 is 0 Å². The van der Waals surface area contributed by atoms with Crippen LogP contribution in [0.3, 0.4) is 0 Å². The van der Waals surface area contributed by atoms with Crippen LogP contribution in [0.4, 0.5) is 5.69 Å². The SMILES string of the molecule is Cc1cc([N+](=O)[O-])ccc1-c1nnc(CCCN)s1.